The molecule has 1 aromatic heterocycles. The van der Waals surface area contributed by atoms with Crippen molar-refractivity contribution in [3.63, 3.8) is 0 Å². The number of rotatable bonds is 2. The van der Waals surface area contributed by atoms with E-state index >= 15 is 0 Å². The number of aromatic nitrogens is 1. The maximum Gasteiger partial charge on any atom is 0.0789 e. The molecule has 1 atom stereocenters. The Labute approximate surface area is 71.2 Å². The Morgan fingerprint density at radius 1 is 1.58 bits per heavy atom. The average Bonchev–Trinajstić information content (AvgIpc) is 2.05. The molecule has 0 aliphatic carbocycles. The zero-order valence-corrected chi connectivity index (χ0v) is 6.99. The lowest BCUT2D eigenvalue weighted by molar-refractivity contribution is 0.207. The van der Waals surface area contributed by atoms with E-state index < -0.39 is 5.54 Å². The largest absolute Gasteiger partial charge is 0.397 e. The molecule has 0 aromatic carbocycles. The van der Waals surface area contributed by atoms with E-state index in [9.17, 15) is 0 Å². The van der Waals surface area contributed by atoms with Crippen molar-refractivity contribution in [2.45, 2.75) is 12.5 Å². The summed E-state index contributed by atoms with van der Waals surface area (Å²) in [5, 5.41) is 8.92. The molecule has 0 amide bonds. The summed E-state index contributed by atoms with van der Waals surface area (Å²) in [5.74, 6) is 0. The van der Waals surface area contributed by atoms with E-state index in [1.807, 2.05) is 0 Å². The number of hydrogen-bond acceptors (Lipinski definition) is 4. The van der Waals surface area contributed by atoms with Crippen molar-refractivity contribution in [1.29, 1.82) is 0 Å². The Hall–Kier alpha value is -1.13. The highest BCUT2D eigenvalue weighted by atomic mass is 16.3. The van der Waals surface area contributed by atoms with E-state index in [1.54, 1.807) is 19.1 Å². The minimum Gasteiger partial charge on any atom is -0.397 e. The molecule has 1 aromatic rings. The smallest absolute Gasteiger partial charge is 0.0789 e. The molecule has 0 unspecified atom stereocenters. The molecule has 5 N–H and O–H groups in total. The van der Waals surface area contributed by atoms with Gasteiger partial charge >= 0.3 is 0 Å². The standard InChI is InChI=1S/C8H13N3O/c1-8(10,5-12)7-3-2-6(9)4-11-7/h2-4,12H,5,9-10H2,1H3/t8-/m1/s1. The number of aliphatic hydroxyl groups is 1. The lowest BCUT2D eigenvalue weighted by Crippen LogP contribution is -2.37. The fraction of sp³-hybridized carbons (Fsp3) is 0.375. The first-order chi connectivity index (χ1) is 5.56. The SMILES string of the molecule is C[C@@](N)(CO)c1ccc(N)cn1. The van der Waals surface area contributed by atoms with Crippen LogP contribution in [0.1, 0.15) is 12.6 Å². The van der Waals surface area contributed by atoms with Crippen molar-refractivity contribution in [1.82, 2.24) is 4.98 Å². The van der Waals surface area contributed by atoms with Gasteiger partial charge in [-0.25, -0.2) is 0 Å². The number of nitrogens with zero attached hydrogens (tertiary/aromatic N) is 1. The van der Waals surface area contributed by atoms with Crippen molar-refractivity contribution in [2.75, 3.05) is 12.3 Å². The van der Waals surface area contributed by atoms with Gasteiger partial charge in [0.05, 0.1) is 29.7 Å². The molecule has 4 heteroatoms. The molecule has 0 saturated carbocycles. The predicted molar refractivity (Wildman–Crippen MR) is 47.3 cm³/mol. The van der Waals surface area contributed by atoms with E-state index in [2.05, 4.69) is 4.98 Å². The van der Waals surface area contributed by atoms with Gasteiger partial charge in [-0.1, -0.05) is 0 Å². The Morgan fingerprint density at radius 3 is 2.67 bits per heavy atom. The minimum absolute atomic E-state index is 0.135. The molecule has 0 bridgehead atoms. The summed E-state index contributed by atoms with van der Waals surface area (Å²) in [6, 6.07) is 3.43. The first-order valence-electron chi connectivity index (χ1n) is 3.68. The zero-order chi connectivity index (χ0) is 9.19. The van der Waals surface area contributed by atoms with Crippen LogP contribution in [0, 0.1) is 0 Å². The second-order valence-corrected chi connectivity index (χ2v) is 3.05. The summed E-state index contributed by atoms with van der Waals surface area (Å²) in [5.41, 5.74) is 11.6. The Balaban J connectivity index is 2.96. The fourth-order valence-corrected chi connectivity index (χ4v) is 0.824. The number of aliphatic hydroxyl groups excluding tert-OH is 1. The molecule has 0 radical (unpaired) electrons. The monoisotopic (exact) mass is 167 g/mol. The molecule has 1 heterocycles. The molecular formula is C8H13N3O. The maximum absolute atomic E-state index is 8.92. The van der Waals surface area contributed by atoms with Gasteiger partial charge in [-0.2, -0.15) is 0 Å². The molecule has 4 nitrogen and oxygen atoms in total. The highest BCUT2D eigenvalue weighted by molar-refractivity contribution is 5.35. The lowest BCUT2D eigenvalue weighted by Gasteiger charge is -2.20. The third-order valence-electron chi connectivity index (χ3n) is 1.70. The minimum atomic E-state index is -0.784. The average molecular weight is 167 g/mol. The van der Waals surface area contributed by atoms with E-state index in [0.29, 0.717) is 11.4 Å². The van der Waals surface area contributed by atoms with E-state index in [-0.39, 0.29) is 6.61 Å². The number of nitrogens with two attached hydrogens (primary N) is 2. The van der Waals surface area contributed by atoms with Crippen molar-refractivity contribution in [2.24, 2.45) is 5.73 Å². The van der Waals surface area contributed by atoms with Crippen LogP contribution in [0.25, 0.3) is 0 Å². The van der Waals surface area contributed by atoms with Crippen LogP contribution in [0.5, 0.6) is 0 Å². The van der Waals surface area contributed by atoms with Crippen LogP contribution < -0.4 is 11.5 Å². The Morgan fingerprint density at radius 2 is 2.25 bits per heavy atom. The third-order valence-corrected chi connectivity index (χ3v) is 1.70. The van der Waals surface area contributed by atoms with Gasteiger partial charge in [-0.15, -0.1) is 0 Å². The zero-order valence-electron chi connectivity index (χ0n) is 6.99. The topological polar surface area (TPSA) is 85.2 Å². The molecule has 1 rings (SSSR count). The van der Waals surface area contributed by atoms with Crippen LogP contribution >= 0.6 is 0 Å². The highest BCUT2D eigenvalue weighted by Gasteiger charge is 2.20. The summed E-state index contributed by atoms with van der Waals surface area (Å²) in [4.78, 5) is 4.01. The highest BCUT2D eigenvalue weighted by Crippen LogP contribution is 2.14. The summed E-state index contributed by atoms with van der Waals surface area (Å²) in [7, 11) is 0. The Bertz CT molecular complexity index is 256. The molecule has 0 spiro atoms. The van der Waals surface area contributed by atoms with Crippen molar-refractivity contribution in [3.8, 4) is 0 Å². The third kappa shape index (κ3) is 1.72. The summed E-state index contributed by atoms with van der Waals surface area (Å²) >= 11 is 0. The molecule has 0 aliphatic heterocycles. The normalized spacial score (nSPS) is 15.6. The molecule has 0 aliphatic rings. The molecule has 12 heavy (non-hydrogen) atoms. The van der Waals surface area contributed by atoms with Crippen molar-refractivity contribution >= 4 is 5.69 Å². The summed E-state index contributed by atoms with van der Waals surface area (Å²) in [6.45, 7) is 1.58. The van der Waals surface area contributed by atoms with E-state index in [0.717, 1.165) is 0 Å². The quantitative estimate of drug-likeness (QED) is 0.571. The first kappa shape index (κ1) is 8.96. The van der Waals surface area contributed by atoms with Gasteiger partial charge in [-0.05, 0) is 19.1 Å². The number of nitrogen functional groups attached to an aromatic ring is 1. The van der Waals surface area contributed by atoms with E-state index in [1.165, 1.54) is 6.20 Å². The van der Waals surface area contributed by atoms with Gasteiger partial charge in [0, 0.05) is 0 Å². The van der Waals surface area contributed by atoms with Crippen molar-refractivity contribution < 1.29 is 5.11 Å². The number of pyridine rings is 1. The van der Waals surface area contributed by atoms with Crippen LogP contribution in [-0.4, -0.2) is 16.7 Å². The molecule has 66 valence electrons. The number of hydrogen-bond donors (Lipinski definition) is 3. The molecule has 0 saturated heterocycles. The van der Waals surface area contributed by atoms with Gasteiger partial charge in [0.25, 0.3) is 0 Å². The fourth-order valence-electron chi connectivity index (χ4n) is 0.824. The van der Waals surface area contributed by atoms with Gasteiger partial charge < -0.3 is 16.6 Å². The maximum atomic E-state index is 8.92. The van der Waals surface area contributed by atoms with Crippen molar-refractivity contribution in [3.05, 3.63) is 24.0 Å². The molecule has 0 fully saturated rings. The predicted octanol–water partition coefficient (Wildman–Crippen LogP) is -0.170. The molecular weight excluding hydrogens is 154 g/mol. The van der Waals surface area contributed by atoms with Gasteiger partial charge in [0.2, 0.25) is 0 Å². The Kier molecular flexibility index (Phi) is 2.30. The number of anilines is 1. The second-order valence-electron chi connectivity index (χ2n) is 3.05. The lowest BCUT2D eigenvalue weighted by atomic mass is 10.00. The van der Waals surface area contributed by atoms with Gasteiger partial charge in [-0.3, -0.25) is 4.98 Å². The van der Waals surface area contributed by atoms with Crippen LogP contribution in [-0.2, 0) is 5.54 Å². The first-order valence-corrected chi connectivity index (χ1v) is 3.68. The van der Waals surface area contributed by atoms with Gasteiger partial charge in [0.1, 0.15) is 0 Å². The van der Waals surface area contributed by atoms with Crippen LogP contribution in [0.3, 0.4) is 0 Å². The van der Waals surface area contributed by atoms with Crippen LogP contribution in [0.2, 0.25) is 0 Å². The second kappa shape index (κ2) is 3.08. The van der Waals surface area contributed by atoms with E-state index in [4.69, 9.17) is 16.6 Å². The van der Waals surface area contributed by atoms with Crippen LogP contribution in [0.15, 0.2) is 18.3 Å². The summed E-state index contributed by atoms with van der Waals surface area (Å²) in [6.07, 6.45) is 1.52. The van der Waals surface area contributed by atoms with Gasteiger partial charge in [0.15, 0.2) is 0 Å². The van der Waals surface area contributed by atoms with Crippen LogP contribution in [0.4, 0.5) is 5.69 Å². The summed E-state index contributed by atoms with van der Waals surface area (Å²) < 4.78 is 0.